The molecular formula is C28H28N4OS. The van der Waals surface area contributed by atoms with E-state index in [-0.39, 0.29) is 12.1 Å². The van der Waals surface area contributed by atoms with E-state index in [1.165, 1.54) is 22.5 Å². The molecule has 6 heteroatoms. The first-order valence-electron chi connectivity index (χ1n) is 11.4. The molecule has 172 valence electrons. The smallest absolute Gasteiger partial charge is 0.174 e. The Balaban J connectivity index is 1.61. The number of aromatic nitrogens is 2. The molecule has 4 aromatic rings. The van der Waals surface area contributed by atoms with Crippen LogP contribution in [0.5, 0.6) is 5.75 Å². The first kappa shape index (κ1) is 22.2. The number of aryl methyl sites for hydroxylation is 1. The summed E-state index contributed by atoms with van der Waals surface area (Å²) >= 11 is 5.87. The zero-order valence-corrected chi connectivity index (χ0v) is 20.4. The average molecular weight is 469 g/mol. The fraction of sp³-hybridized carbons (Fsp3) is 0.214. The molecule has 0 spiro atoms. The van der Waals surface area contributed by atoms with Gasteiger partial charge in [0.1, 0.15) is 5.75 Å². The Labute approximate surface area is 206 Å². The van der Waals surface area contributed by atoms with Gasteiger partial charge in [-0.2, -0.15) is 0 Å². The number of ether oxygens (including phenoxy) is 1. The van der Waals surface area contributed by atoms with E-state index in [2.05, 4.69) is 88.2 Å². The Morgan fingerprint density at radius 3 is 2.38 bits per heavy atom. The van der Waals surface area contributed by atoms with Crippen LogP contribution in [0.4, 0.5) is 5.69 Å². The molecule has 1 aliphatic heterocycles. The summed E-state index contributed by atoms with van der Waals surface area (Å²) in [6.45, 7) is 5.21. The van der Waals surface area contributed by atoms with E-state index in [1.54, 1.807) is 7.11 Å². The number of rotatable bonds is 6. The van der Waals surface area contributed by atoms with Crippen molar-refractivity contribution in [1.82, 2.24) is 14.9 Å². The maximum Gasteiger partial charge on any atom is 0.174 e. The Hall–Kier alpha value is -3.64. The molecule has 2 aromatic heterocycles. The Morgan fingerprint density at radius 2 is 1.71 bits per heavy atom. The summed E-state index contributed by atoms with van der Waals surface area (Å²) in [4.78, 5) is 6.89. The van der Waals surface area contributed by atoms with Gasteiger partial charge in [0.25, 0.3) is 0 Å². The third-order valence-electron chi connectivity index (χ3n) is 6.56. The maximum atomic E-state index is 5.87. The van der Waals surface area contributed by atoms with Crippen LogP contribution < -0.4 is 15.0 Å². The van der Waals surface area contributed by atoms with Crippen LogP contribution in [0.15, 0.2) is 85.1 Å². The molecule has 2 atom stereocenters. The van der Waals surface area contributed by atoms with Crippen LogP contribution in [0.2, 0.25) is 0 Å². The second-order valence-corrected chi connectivity index (χ2v) is 8.98. The number of hydrogen-bond donors (Lipinski definition) is 1. The van der Waals surface area contributed by atoms with Gasteiger partial charge in [-0.05, 0) is 79.7 Å². The largest absolute Gasteiger partial charge is 0.497 e. The highest BCUT2D eigenvalue weighted by Gasteiger charge is 2.42. The predicted octanol–water partition coefficient (Wildman–Crippen LogP) is 5.73. The number of methoxy groups -OCH3 is 1. The summed E-state index contributed by atoms with van der Waals surface area (Å²) in [6, 6.07) is 26.9. The van der Waals surface area contributed by atoms with Crippen molar-refractivity contribution in [1.29, 1.82) is 0 Å². The molecule has 0 bridgehead atoms. The minimum absolute atomic E-state index is 0.0356. The fourth-order valence-electron chi connectivity index (χ4n) is 4.83. The molecule has 1 saturated heterocycles. The van der Waals surface area contributed by atoms with Gasteiger partial charge in [-0.25, -0.2) is 0 Å². The van der Waals surface area contributed by atoms with Gasteiger partial charge in [0.2, 0.25) is 0 Å². The second kappa shape index (κ2) is 9.31. The molecule has 0 saturated carbocycles. The Morgan fingerprint density at radius 1 is 0.971 bits per heavy atom. The summed E-state index contributed by atoms with van der Waals surface area (Å²) in [5.74, 6) is 0.820. The minimum atomic E-state index is -0.0681. The number of nitrogens with zero attached hydrogens (tertiary/aromatic N) is 3. The maximum absolute atomic E-state index is 5.87. The van der Waals surface area contributed by atoms with E-state index in [0.717, 1.165) is 23.7 Å². The highest BCUT2D eigenvalue weighted by molar-refractivity contribution is 7.80. The van der Waals surface area contributed by atoms with E-state index in [4.69, 9.17) is 17.0 Å². The normalized spacial score (nSPS) is 17.6. The third-order valence-corrected chi connectivity index (χ3v) is 6.88. The van der Waals surface area contributed by atoms with Crippen molar-refractivity contribution < 1.29 is 4.74 Å². The molecule has 0 radical (unpaired) electrons. The van der Waals surface area contributed by atoms with E-state index in [9.17, 15) is 0 Å². The van der Waals surface area contributed by atoms with Crippen LogP contribution in [-0.2, 0) is 6.54 Å². The average Bonchev–Trinajstić information content (AvgIpc) is 3.36. The fourth-order valence-corrected chi connectivity index (χ4v) is 5.17. The van der Waals surface area contributed by atoms with E-state index >= 15 is 0 Å². The van der Waals surface area contributed by atoms with Gasteiger partial charge in [0.05, 0.1) is 24.9 Å². The molecule has 0 amide bonds. The first-order valence-corrected chi connectivity index (χ1v) is 11.8. The topological polar surface area (TPSA) is 42.3 Å². The van der Waals surface area contributed by atoms with Crippen molar-refractivity contribution in [2.45, 2.75) is 32.5 Å². The third kappa shape index (κ3) is 4.05. The number of thiocarbonyl (C=S) groups is 1. The van der Waals surface area contributed by atoms with Crippen molar-refractivity contribution in [3.8, 4) is 5.75 Å². The molecule has 34 heavy (non-hydrogen) atoms. The van der Waals surface area contributed by atoms with Crippen LogP contribution in [0.3, 0.4) is 0 Å². The van der Waals surface area contributed by atoms with E-state index in [1.807, 2.05) is 30.5 Å². The standard InChI is InChI=1S/C28H28N4OS/c1-19-17-24(20(2)31(19)18-21-9-5-4-6-10-21)27-26(25-11-7-8-16-29-25)30-28(34)32(27)22-12-14-23(33-3)15-13-22/h4-17,26-27H,18H2,1-3H3,(H,30,34). The van der Waals surface area contributed by atoms with Crippen LogP contribution in [0, 0.1) is 13.8 Å². The summed E-state index contributed by atoms with van der Waals surface area (Å²) in [6.07, 6.45) is 1.84. The quantitative estimate of drug-likeness (QED) is 0.366. The van der Waals surface area contributed by atoms with Gasteiger partial charge in [-0.15, -0.1) is 0 Å². The number of anilines is 1. The zero-order chi connectivity index (χ0) is 23.7. The van der Waals surface area contributed by atoms with Crippen molar-refractivity contribution in [2.24, 2.45) is 0 Å². The number of nitrogens with one attached hydrogen (secondary N) is 1. The Bertz CT molecular complexity index is 1290. The summed E-state index contributed by atoms with van der Waals surface area (Å²) in [7, 11) is 1.68. The van der Waals surface area contributed by atoms with Crippen LogP contribution in [0.25, 0.3) is 0 Å². The van der Waals surface area contributed by atoms with Gasteiger partial charge in [-0.1, -0.05) is 36.4 Å². The van der Waals surface area contributed by atoms with Gasteiger partial charge in [0.15, 0.2) is 5.11 Å². The van der Waals surface area contributed by atoms with Crippen LogP contribution in [-0.4, -0.2) is 21.8 Å². The SMILES string of the molecule is COc1ccc(N2C(=S)NC(c3ccccn3)C2c2cc(C)n(Cc3ccccc3)c2C)cc1. The number of benzene rings is 2. The van der Waals surface area contributed by atoms with Gasteiger partial charge in [0, 0.05) is 29.8 Å². The highest BCUT2D eigenvalue weighted by atomic mass is 32.1. The summed E-state index contributed by atoms with van der Waals surface area (Å²) in [5, 5.41) is 4.25. The van der Waals surface area contributed by atoms with Crippen molar-refractivity contribution in [3.63, 3.8) is 0 Å². The van der Waals surface area contributed by atoms with Gasteiger partial charge in [-0.3, -0.25) is 4.98 Å². The monoisotopic (exact) mass is 468 g/mol. The molecule has 5 nitrogen and oxygen atoms in total. The number of pyridine rings is 1. The summed E-state index contributed by atoms with van der Waals surface area (Å²) in [5.41, 5.74) is 6.98. The molecule has 5 rings (SSSR count). The summed E-state index contributed by atoms with van der Waals surface area (Å²) < 4.78 is 7.76. The molecule has 2 aromatic carbocycles. The number of hydrogen-bond acceptors (Lipinski definition) is 3. The molecule has 2 unspecified atom stereocenters. The zero-order valence-electron chi connectivity index (χ0n) is 19.6. The van der Waals surface area contributed by atoms with Crippen LogP contribution in [0.1, 0.15) is 40.3 Å². The van der Waals surface area contributed by atoms with E-state index in [0.29, 0.717) is 5.11 Å². The molecule has 1 fully saturated rings. The first-order chi connectivity index (χ1) is 16.6. The van der Waals surface area contributed by atoms with Crippen LogP contribution >= 0.6 is 12.2 Å². The van der Waals surface area contributed by atoms with Crippen molar-refractivity contribution in [3.05, 3.63) is 113 Å². The molecule has 1 aliphatic rings. The minimum Gasteiger partial charge on any atom is -0.497 e. The lowest BCUT2D eigenvalue weighted by Gasteiger charge is -2.28. The van der Waals surface area contributed by atoms with Crippen molar-refractivity contribution in [2.75, 3.05) is 12.0 Å². The van der Waals surface area contributed by atoms with Gasteiger partial charge >= 0.3 is 0 Å². The highest BCUT2D eigenvalue weighted by Crippen LogP contribution is 2.43. The predicted molar refractivity (Wildman–Crippen MR) is 140 cm³/mol. The van der Waals surface area contributed by atoms with E-state index < -0.39 is 0 Å². The molecule has 0 aliphatic carbocycles. The van der Waals surface area contributed by atoms with Gasteiger partial charge < -0.3 is 19.5 Å². The molecule has 3 heterocycles. The lowest BCUT2D eigenvalue weighted by Crippen LogP contribution is -2.29. The lowest BCUT2D eigenvalue weighted by molar-refractivity contribution is 0.415. The van der Waals surface area contributed by atoms with Crippen molar-refractivity contribution >= 4 is 23.0 Å². The Kier molecular flexibility index (Phi) is 6.07. The second-order valence-electron chi connectivity index (χ2n) is 8.59. The lowest BCUT2D eigenvalue weighted by atomic mass is 9.96. The molecular weight excluding hydrogens is 440 g/mol. The molecule has 1 N–H and O–H groups in total.